The Morgan fingerprint density at radius 2 is 1.90 bits per heavy atom. The molecular formula is C17H30N2O2. The number of aryl methyl sites for hydroxylation is 1. The molecule has 0 radical (unpaired) electrons. The highest BCUT2D eigenvalue weighted by atomic mass is 16.5. The van der Waals surface area contributed by atoms with Crippen LogP contribution in [0.2, 0.25) is 0 Å². The molecule has 4 heteroatoms. The Bertz CT molecular complexity index is 414. The second kappa shape index (κ2) is 9.00. The van der Waals surface area contributed by atoms with Crippen LogP contribution in [0.5, 0.6) is 5.88 Å². The molecule has 1 N–H and O–H groups in total. The van der Waals surface area contributed by atoms with Gasteiger partial charge in [-0.05, 0) is 45.7 Å². The fourth-order valence-corrected chi connectivity index (χ4v) is 1.80. The highest BCUT2D eigenvalue weighted by Gasteiger charge is 2.09. The number of nitrogens with zero attached hydrogens (tertiary/aromatic N) is 1. The minimum atomic E-state index is 0.102. The molecule has 0 aromatic carbocycles. The average Bonchev–Trinajstić information content (AvgIpc) is 2.39. The van der Waals surface area contributed by atoms with Crippen LogP contribution in [0, 0.1) is 6.92 Å². The lowest BCUT2D eigenvalue weighted by atomic mass is 10.1. The second-order valence-corrected chi connectivity index (χ2v) is 6.37. The van der Waals surface area contributed by atoms with E-state index in [2.05, 4.69) is 44.1 Å². The molecule has 0 aliphatic carbocycles. The van der Waals surface area contributed by atoms with Crippen molar-refractivity contribution in [3.05, 3.63) is 23.4 Å². The van der Waals surface area contributed by atoms with Crippen molar-refractivity contribution >= 4 is 0 Å². The zero-order valence-electron chi connectivity index (χ0n) is 14.2. The third kappa shape index (κ3) is 8.68. The summed E-state index contributed by atoms with van der Waals surface area (Å²) in [7, 11) is 0. The molecule has 0 spiro atoms. The van der Waals surface area contributed by atoms with Gasteiger partial charge in [0.1, 0.15) is 6.61 Å². The van der Waals surface area contributed by atoms with E-state index >= 15 is 0 Å². The normalized spacial score (nSPS) is 11.7. The van der Waals surface area contributed by atoms with E-state index in [-0.39, 0.29) is 5.54 Å². The Balaban J connectivity index is 2.42. The number of ether oxygens (including phenoxy) is 2. The largest absolute Gasteiger partial charge is 0.475 e. The Labute approximate surface area is 129 Å². The molecular weight excluding hydrogens is 264 g/mol. The first-order valence-corrected chi connectivity index (χ1v) is 7.84. The summed E-state index contributed by atoms with van der Waals surface area (Å²) in [5.74, 6) is 0.680. The number of unbranched alkanes of at least 4 members (excludes halogenated alkanes) is 1. The molecule has 120 valence electrons. The highest BCUT2D eigenvalue weighted by Crippen LogP contribution is 2.13. The van der Waals surface area contributed by atoms with E-state index < -0.39 is 0 Å². The summed E-state index contributed by atoms with van der Waals surface area (Å²) < 4.78 is 11.2. The maximum absolute atomic E-state index is 5.68. The molecule has 0 unspecified atom stereocenters. The smallest absolute Gasteiger partial charge is 0.213 e. The average molecular weight is 294 g/mol. The minimum absolute atomic E-state index is 0.102. The van der Waals surface area contributed by atoms with Crippen molar-refractivity contribution in [1.82, 2.24) is 10.3 Å². The molecule has 0 fully saturated rings. The van der Waals surface area contributed by atoms with E-state index in [0.717, 1.165) is 31.7 Å². The molecule has 0 saturated heterocycles. The first-order chi connectivity index (χ1) is 9.90. The van der Waals surface area contributed by atoms with Gasteiger partial charge in [0.05, 0.1) is 6.61 Å². The first-order valence-electron chi connectivity index (χ1n) is 7.84. The third-order valence-electron chi connectivity index (χ3n) is 2.93. The van der Waals surface area contributed by atoms with Crippen molar-refractivity contribution in [2.45, 2.75) is 59.5 Å². The summed E-state index contributed by atoms with van der Waals surface area (Å²) in [6.45, 7) is 13.4. The van der Waals surface area contributed by atoms with Crippen LogP contribution in [0.25, 0.3) is 0 Å². The maximum Gasteiger partial charge on any atom is 0.213 e. The van der Waals surface area contributed by atoms with Crippen LogP contribution in [0.15, 0.2) is 12.1 Å². The monoisotopic (exact) mass is 294 g/mol. The van der Waals surface area contributed by atoms with Gasteiger partial charge in [-0.25, -0.2) is 4.98 Å². The van der Waals surface area contributed by atoms with Crippen molar-refractivity contribution in [2.75, 3.05) is 19.8 Å². The van der Waals surface area contributed by atoms with Gasteiger partial charge in [0, 0.05) is 30.5 Å². The molecule has 21 heavy (non-hydrogen) atoms. The van der Waals surface area contributed by atoms with Gasteiger partial charge in [0.15, 0.2) is 0 Å². The molecule has 1 aromatic rings. The van der Waals surface area contributed by atoms with Crippen molar-refractivity contribution in [3.8, 4) is 5.88 Å². The van der Waals surface area contributed by atoms with E-state index in [1.54, 1.807) is 0 Å². The second-order valence-electron chi connectivity index (χ2n) is 6.37. The number of nitrogens with one attached hydrogen (secondary N) is 1. The molecule has 1 heterocycles. The molecule has 4 nitrogen and oxygen atoms in total. The summed E-state index contributed by atoms with van der Waals surface area (Å²) in [5, 5.41) is 3.48. The summed E-state index contributed by atoms with van der Waals surface area (Å²) in [6.07, 6.45) is 2.26. The summed E-state index contributed by atoms with van der Waals surface area (Å²) >= 11 is 0. The van der Waals surface area contributed by atoms with E-state index in [0.29, 0.717) is 19.1 Å². The van der Waals surface area contributed by atoms with Gasteiger partial charge >= 0.3 is 0 Å². The van der Waals surface area contributed by atoms with E-state index in [9.17, 15) is 0 Å². The minimum Gasteiger partial charge on any atom is -0.475 e. The SMILES string of the molecule is CCCCOCCOc1cc(CNC(C)(C)C)cc(C)n1. The lowest BCUT2D eigenvalue weighted by Gasteiger charge is -2.20. The number of pyridine rings is 1. The van der Waals surface area contributed by atoms with Crippen LogP contribution >= 0.6 is 0 Å². The predicted molar refractivity (Wildman–Crippen MR) is 86.8 cm³/mol. The Morgan fingerprint density at radius 1 is 1.14 bits per heavy atom. The van der Waals surface area contributed by atoms with Crippen LogP contribution in [0.1, 0.15) is 51.8 Å². The van der Waals surface area contributed by atoms with Crippen LogP contribution in [0.3, 0.4) is 0 Å². The van der Waals surface area contributed by atoms with Crippen molar-refractivity contribution in [2.24, 2.45) is 0 Å². The van der Waals surface area contributed by atoms with E-state index in [1.807, 2.05) is 13.0 Å². The zero-order valence-corrected chi connectivity index (χ0v) is 14.2. The maximum atomic E-state index is 5.68. The molecule has 0 saturated carbocycles. The van der Waals surface area contributed by atoms with Crippen LogP contribution in [-0.4, -0.2) is 30.3 Å². The lowest BCUT2D eigenvalue weighted by molar-refractivity contribution is 0.0964. The first kappa shape index (κ1) is 17.9. The van der Waals surface area contributed by atoms with Gasteiger partial charge in [-0.1, -0.05) is 13.3 Å². The number of hydrogen-bond donors (Lipinski definition) is 1. The Hall–Kier alpha value is -1.13. The fourth-order valence-electron chi connectivity index (χ4n) is 1.80. The van der Waals surface area contributed by atoms with Crippen LogP contribution in [0.4, 0.5) is 0 Å². The predicted octanol–water partition coefficient (Wildman–Crippen LogP) is 3.47. The standard InChI is InChI=1S/C17H30N2O2/c1-6-7-8-20-9-10-21-16-12-15(11-14(2)19-16)13-18-17(3,4)5/h11-12,18H,6-10,13H2,1-5H3. The lowest BCUT2D eigenvalue weighted by Crippen LogP contribution is -2.35. The quantitative estimate of drug-likeness (QED) is 0.708. The zero-order chi connectivity index (χ0) is 15.7. The molecule has 1 aromatic heterocycles. The molecule has 0 amide bonds. The topological polar surface area (TPSA) is 43.4 Å². The Morgan fingerprint density at radius 3 is 2.57 bits per heavy atom. The number of rotatable bonds is 9. The van der Waals surface area contributed by atoms with Crippen LogP contribution < -0.4 is 10.1 Å². The van der Waals surface area contributed by atoms with Gasteiger partial charge in [0.25, 0.3) is 0 Å². The molecule has 0 atom stereocenters. The molecule has 1 rings (SSSR count). The van der Waals surface area contributed by atoms with Crippen molar-refractivity contribution in [3.63, 3.8) is 0 Å². The van der Waals surface area contributed by atoms with Crippen molar-refractivity contribution < 1.29 is 9.47 Å². The van der Waals surface area contributed by atoms with E-state index in [1.165, 1.54) is 5.56 Å². The van der Waals surface area contributed by atoms with E-state index in [4.69, 9.17) is 9.47 Å². The third-order valence-corrected chi connectivity index (χ3v) is 2.93. The van der Waals surface area contributed by atoms with Gasteiger partial charge < -0.3 is 14.8 Å². The number of hydrogen-bond acceptors (Lipinski definition) is 4. The van der Waals surface area contributed by atoms with Gasteiger partial charge in [0.2, 0.25) is 5.88 Å². The van der Waals surface area contributed by atoms with Gasteiger partial charge in [-0.3, -0.25) is 0 Å². The summed E-state index contributed by atoms with van der Waals surface area (Å²) in [4.78, 5) is 4.41. The Kier molecular flexibility index (Phi) is 7.68. The molecule has 0 aliphatic rings. The van der Waals surface area contributed by atoms with Gasteiger partial charge in [-0.15, -0.1) is 0 Å². The summed E-state index contributed by atoms with van der Waals surface area (Å²) in [5.41, 5.74) is 2.27. The molecule has 0 bridgehead atoms. The number of aromatic nitrogens is 1. The van der Waals surface area contributed by atoms with Crippen molar-refractivity contribution in [1.29, 1.82) is 0 Å². The highest BCUT2D eigenvalue weighted by molar-refractivity contribution is 5.24. The van der Waals surface area contributed by atoms with Gasteiger partial charge in [-0.2, -0.15) is 0 Å². The molecule has 0 aliphatic heterocycles. The summed E-state index contributed by atoms with van der Waals surface area (Å²) in [6, 6.07) is 4.08. The fraction of sp³-hybridized carbons (Fsp3) is 0.706. The van der Waals surface area contributed by atoms with Crippen LogP contribution in [-0.2, 0) is 11.3 Å².